The average Bonchev–Trinajstić information content (AvgIpc) is 2.62. The fraction of sp³-hybridized carbons (Fsp3) is 0.500. The molecular weight excluding hydrogens is 332 g/mol. The molecule has 0 bridgehead atoms. The third-order valence-corrected chi connectivity index (χ3v) is 5.60. The van der Waals surface area contributed by atoms with Gasteiger partial charge in [-0.15, -0.1) is 0 Å². The van der Waals surface area contributed by atoms with E-state index >= 15 is 0 Å². The summed E-state index contributed by atoms with van der Waals surface area (Å²) in [4.78, 5) is 14.3. The minimum atomic E-state index is 0.804. The van der Waals surface area contributed by atoms with Crippen LogP contribution in [0.4, 0.5) is 5.95 Å². The molecule has 0 radical (unpaired) electrons. The Kier molecular flexibility index (Phi) is 4.91. The van der Waals surface area contributed by atoms with E-state index in [-0.39, 0.29) is 0 Å². The molecule has 2 aliphatic heterocycles. The van der Waals surface area contributed by atoms with E-state index in [1.54, 1.807) is 0 Å². The highest BCUT2D eigenvalue weighted by molar-refractivity contribution is 6.30. The first-order chi connectivity index (χ1) is 12.2. The van der Waals surface area contributed by atoms with E-state index in [4.69, 9.17) is 16.6 Å². The zero-order valence-electron chi connectivity index (χ0n) is 14.8. The first-order valence-corrected chi connectivity index (χ1v) is 9.62. The van der Waals surface area contributed by atoms with Crippen molar-refractivity contribution in [3.05, 3.63) is 52.3 Å². The molecule has 0 aliphatic carbocycles. The van der Waals surface area contributed by atoms with E-state index in [9.17, 15) is 0 Å². The Morgan fingerprint density at radius 2 is 2.04 bits per heavy atom. The van der Waals surface area contributed by atoms with Gasteiger partial charge < -0.3 is 4.90 Å². The van der Waals surface area contributed by atoms with Crippen LogP contribution >= 0.6 is 11.6 Å². The van der Waals surface area contributed by atoms with Crippen molar-refractivity contribution in [1.29, 1.82) is 0 Å². The van der Waals surface area contributed by atoms with Gasteiger partial charge in [-0.05, 0) is 36.5 Å². The normalized spacial score (nSPS) is 19.0. The van der Waals surface area contributed by atoms with Crippen molar-refractivity contribution in [3.8, 4) is 0 Å². The summed E-state index contributed by atoms with van der Waals surface area (Å²) in [5.74, 6) is 1.75. The predicted molar refractivity (Wildman–Crippen MR) is 102 cm³/mol. The van der Waals surface area contributed by atoms with Crippen molar-refractivity contribution in [2.45, 2.75) is 39.3 Å². The standard InChI is InChI=1S/C20H25ClN4/c1-15-5-9-25(10-6-15)20-22-12-17-14-24(8-7-19(17)23-20)13-16-3-2-4-18(21)11-16/h2-4,11-12,15H,5-10,13-14H2,1H3. The van der Waals surface area contributed by atoms with Crippen molar-refractivity contribution in [2.75, 3.05) is 24.5 Å². The lowest BCUT2D eigenvalue weighted by Crippen LogP contribution is -2.35. The number of benzene rings is 1. The monoisotopic (exact) mass is 356 g/mol. The maximum Gasteiger partial charge on any atom is 0.225 e. The summed E-state index contributed by atoms with van der Waals surface area (Å²) < 4.78 is 0. The van der Waals surface area contributed by atoms with Gasteiger partial charge in [0.05, 0.1) is 5.69 Å². The number of halogens is 1. The molecule has 5 heteroatoms. The number of anilines is 1. The van der Waals surface area contributed by atoms with Gasteiger partial charge in [0.25, 0.3) is 0 Å². The van der Waals surface area contributed by atoms with Gasteiger partial charge in [0, 0.05) is 55.9 Å². The second-order valence-electron chi connectivity index (χ2n) is 7.40. The van der Waals surface area contributed by atoms with Crippen molar-refractivity contribution >= 4 is 17.5 Å². The molecule has 4 nitrogen and oxygen atoms in total. The number of fused-ring (bicyclic) bond motifs is 1. The molecule has 0 saturated carbocycles. The molecule has 25 heavy (non-hydrogen) atoms. The fourth-order valence-corrected chi connectivity index (χ4v) is 3.97. The number of piperidine rings is 1. The molecule has 4 rings (SSSR count). The molecule has 0 spiro atoms. The van der Waals surface area contributed by atoms with Crippen LogP contribution in [0.3, 0.4) is 0 Å². The number of hydrogen-bond donors (Lipinski definition) is 0. The number of nitrogens with zero attached hydrogens (tertiary/aromatic N) is 4. The Hall–Kier alpha value is -1.65. The van der Waals surface area contributed by atoms with Gasteiger partial charge in [-0.3, -0.25) is 4.90 Å². The van der Waals surface area contributed by atoms with Gasteiger partial charge in [-0.2, -0.15) is 0 Å². The molecule has 0 amide bonds. The van der Waals surface area contributed by atoms with Crippen LogP contribution < -0.4 is 4.90 Å². The van der Waals surface area contributed by atoms with Crippen molar-refractivity contribution in [3.63, 3.8) is 0 Å². The second-order valence-corrected chi connectivity index (χ2v) is 7.84. The highest BCUT2D eigenvalue weighted by Gasteiger charge is 2.22. The van der Waals surface area contributed by atoms with Gasteiger partial charge in [0.2, 0.25) is 5.95 Å². The van der Waals surface area contributed by atoms with Crippen LogP contribution in [0.2, 0.25) is 5.02 Å². The number of rotatable bonds is 3. The molecule has 1 aromatic carbocycles. The minimum absolute atomic E-state index is 0.804. The van der Waals surface area contributed by atoms with Crippen molar-refractivity contribution in [2.24, 2.45) is 5.92 Å². The second kappa shape index (κ2) is 7.30. The average molecular weight is 357 g/mol. The lowest BCUT2D eigenvalue weighted by Gasteiger charge is -2.32. The maximum atomic E-state index is 6.10. The summed E-state index contributed by atoms with van der Waals surface area (Å²) in [6, 6.07) is 8.13. The van der Waals surface area contributed by atoms with Crippen LogP contribution in [0.5, 0.6) is 0 Å². The first-order valence-electron chi connectivity index (χ1n) is 9.24. The molecule has 2 aliphatic rings. The lowest BCUT2D eigenvalue weighted by molar-refractivity contribution is 0.243. The third-order valence-electron chi connectivity index (χ3n) is 5.36. The molecule has 1 saturated heterocycles. The van der Waals surface area contributed by atoms with E-state index in [2.05, 4.69) is 27.8 Å². The first kappa shape index (κ1) is 16.8. The molecule has 0 N–H and O–H groups in total. The van der Waals surface area contributed by atoms with Gasteiger partial charge in [-0.25, -0.2) is 9.97 Å². The highest BCUT2D eigenvalue weighted by atomic mass is 35.5. The van der Waals surface area contributed by atoms with Crippen LogP contribution in [0.1, 0.15) is 36.6 Å². The summed E-state index contributed by atoms with van der Waals surface area (Å²) in [7, 11) is 0. The van der Waals surface area contributed by atoms with Crippen LogP contribution in [0.25, 0.3) is 0 Å². The van der Waals surface area contributed by atoms with Crippen LogP contribution in [-0.2, 0) is 19.5 Å². The van der Waals surface area contributed by atoms with Crippen molar-refractivity contribution in [1.82, 2.24) is 14.9 Å². The Morgan fingerprint density at radius 3 is 2.84 bits per heavy atom. The summed E-state index contributed by atoms with van der Waals surface area (Å²) >= 11 is 6.10. The minimum Gasteiger partial charge on any atom is -0.341 e. The lowest BCUT2D eigenvalue weighted by atomic mass is 9.99. The zero-order valence-corrected chi connectivity index (χ0v) is 15.5. The Morgan fingerprint density at radius 1 is 1.20 bits per heavy atom. The molecule has 1 aromatic heterocycles. The SMILES string of the molecule is CC1CCN(c2ncc3c(n2)CCN(Cc2cccc(Cl)c2)C3)CC1. The Bertz CT molecular complexity index is 740. The Labute approximate surface area is 154 Å². The number of aromatic nitrogens is 2. The molecule has 2 aromatic rings. The molecule has 1 fully saturated rings. The highest BCUT2D eigenvalue weighted by Crippen LogP contribution is 2.24. The molecular formula is C20H25ClN4. The van der Waals surface area contributed by atoms with Gasteiger partial charge in [0.15, 0.2) is 0 Å². The smallest absolute Gasteiger partial charge is 0.225 e. The maximum absolute atomic E-state index is 6.10. The van der Waals surface area contributed by atoms with Gasteiger partial charge >= 0.3 is 0 Å². The van der Waals surface area contributed by atoms with E-state index in [0.29, 0.717) is 0 Å². The van der Waals surface area contributed by atoms with E-state index < -0.39 is 0 Å². The van der Waals surface area contributed by atoms with Gasteiger partial charge in [-0.1, -0.05) is 30.7 Å². The Balaban J connectivity index is 1.43. The van der Waals surface area contributed by atoms with E-state index in [1.807, 2.05) is 24.4 Å². The quantitative estimate of drug-likeness (QED) is 0.834. The fourth-order valence-electron chi connectivity index (χ4n) is 3.75. The molecule has 0 unspecified atom stereocenters. The van der Waals surface area contributed by atoms with Crippen molar-refractivity contribution < 1.29 is 0 Å². The summed E-state index contributed by atoms with van der Waals surface area (Å²) in [6.45, 7) is 7.37. The van der Waals surface area contributed by atoms with Gasteiger partial charge in [0.1, 0.15) is 0 Å². The largest absolute Gasteiger partial charge is 0.341 e. The zero-order chi connectivity index (χ0) is 17.2. The predicted octanol–water partition coefficient (Wildman–Crippen LogP) is 3.92. The molecule has 3 heterocycles. The topological polar surface area (TPSA) is 32.3 Å². The number of hydrogen-bond acceptors (Lipinski definition) is 4. The van der Waals surface area contributed by atoms with E-state index in [0.717, 1.165) is 56.0 Å². The summed E-state index contributed by atoms with van der Waals surface area (Å²) in [6.07, 6.45) is 5.53. The summed E-state index contributed by atoms with van der Waals surface area (Å²) in [5.41, 5.74) is 3.75. The molecule has 132 valence electrons. The van der Waals surface area contributed by atoms with Crippen LogP contribution in [-0.4, -0.2) is 34.5 Å². The van der Waals surface area contributed by atoms with Crippen LogP contribution in [0.15, 0.2) is 30.5 Å². The third kappa shape index (κ3) is 3.96. The van der Waals surface area contributed by atoms with E-state index in [1.165, 1.54) is 29.7 Å². The molecule has 0 atom stereocenters. The van der Waals surface area contributed by atoms with Crippen LogP contribution in [0, 0.1) is 5.92 Å². The summed E-state index contributed by atoms with van der Waals surface area (Å²) in [5, 5.41) is 0.804.